The summed E-state index contributed by atoms with van der Waals surface area (Å²) in [7, 11) is 0. The third-order valence-corrected chi connectivity index (χ3v) is 5.46. The van der Waals surface area contributed by atoms with E-state index in [1.165, 1.54) is 17.0 Å². The zero-order valence-electron chi connectivity index (χ0n) is 13.3. The molecule has 3 nitrogen and oxygen atoms in total. The second-order valence-corrected chi connectivity index (χ2v) is 8.10. The van der Waals surface area contributed by atoms with Crippen molar-refractivity contribution in [1.29, 1.82) is 0 Å². The number of amides is 1. The third-order valence-electron chi connectivity index (χ3n) is 4.42. The van der Waals surface area contributed by atoms with Gasteiger partial charge in [-0.2, -0.15) is 0 Å². The van der Waals surface area contributed by atoms with Gasteiger partial charge in [-0.25, -0.2) is 4.98 Å². The first kappa shape index (κ1) is 15.2. The van der Waals surface area contributed by atoms with Crippen LogP contribution in [0.4, 0.5) is 5.13 Å². The zero-order chi connectivity index (χ0) is 15.7. The number of thiazole rings is 1. The van der Waals surface area contributed by atoms with Crippen molar-refractivity contribution in [3.63, 3.8) is 0 Å². The highest BCUT2D eigenvalue weighted by Gasteiger charge is 2.30. The van der Waals surface area contributed by atoms with Crippen molar-refractivity contribution >= 4 is 22.4 Å². The Labute approximate surface area is 135 Å². The quantitative estimate of drug-likeness (QED) is 0.884. The first-order valence-corrected chi connectivity index (χ1v) is 8.60. The Bertz CT molecular complexity index is 670. The van der Waals surface area contributed by atoms with Gasteiger partial charge in [-0.15, -0.1) is 11.3 Å². The molecule has 2 aromatic rings. The van der Waals surface area contributed by atoms with Crippen molar-refractivity contribution in [2.45, 2.75) is 40.0 Å². The molecule has 0 spiro atoms. The Hall–Kier alpha value is -1.68. The number of fused-ring (bicyclic) bond motifs is 1. The van der Waals surface area contributed by atoms with Crippen LogP contribution in [-0.2, 0) is 12.8 Å². The van der Waals surface area contributed by atoms with Gasteiger partial charge in [-0.3, -0.25) is 10.1 Å². The number of anilines is 1. The monoisotopic (exact) mass is 314 g/mol. The van der Waals surface area contributed by atoms with Gasteiger partial charge in [-0.05, 0) is 42.7 Å². The molecule has 4 heteroatoms. The number of carbonyl (C=O) groups is 1. The minimum absolute atomic E-state index is 0.0842. The largest absolute Gasteiger partial charge is 0.298 e. The van der Waals surface area contributed by atoms with Crippen LogP contribution in [0.5, 0.6) is 0 Å². The second kappa shape index (κ2) is 5.84. The summed E-state index contributed by atoms with van der Waals surface area (Å²) in [5.74, 6) is 0.609. The fourth-order valence-corrected chi connectivity index (χ4v) is 4.01. The molecule has 0 aliphatic heterocycles. The number of aryl methyl sites for hydroxylation is 1. The maximum atomic E-state index is 12.2. The Morgan fingerprint density at radius 1 is 1.27 bits per heavy atom. The van der Waals surface area contributed by atoms with Crippen molar-refractivity contribution in [3.8, 4) is 0 Å². The fraction of sp³-hybridized carbons (Fsp3) is 0.444. The van der Waals surface area contributed by atoms with E-state index in [-0.39, 0.29) is 5.91 Å². The van der Waals surface area contributed by atoms with E-state index in [0.29, 0.717) is 16.9 Å². The van der Waals surface area contributed by atoms with Crippen LogP contribution < -0.4 is 5.32 Å². The number of benzene rings is 1. The fourth-order valence-electron chi connectivity index (χ4n) is 2.93. The predicted molar refractivity (Wildman–Crippen MR) is 91.5 cm³/mol. The van der Waals surface area contributed by atoms with Gasteiger partial charge in [0.05, 0.1) is 5.69 Å². The molecule has 1 aromatic heterocycles. The summed E-state index contributed by atoms with van der Waals surface area (Å²) in [6.45, 7) is 6.92. The van der Waals surface area contributed by atoms with Crippen molar-refractivity contribution in [1.82, 2.24) is 4.98 Å². The standard InChI is InChI=1S/C18H22N2OS/c1-18(2,3)13-9-10-14-15(11-13)22-17(19-14)20-16(21)12-7-5-4-6-8-12/h4-8,13H,9-11H2,1-3H3,(H,19,20,21)/t13-/m0/s1. The molecule has 1 heterocycles. The number of rotatable bonds is 2. The van der Waals surface area contributed by atoms with Gasteiger partial charge in [0.25, 0.3) is 5.91 Å². The van der Waals surface area contributed by atoms with Crippen LogP contribution in [0.3, 0.4) is 0 Å². The molecule has 22 heavy (non-hydrogen) atoms. The van der Waals surface area contributed by atoms with Gasteiger partial charge < -0.3 is 0 Å². The number of hydrogen-bond donors (Lipinski definition) is 1. The summed E-state index contributed by atoms with van der Waals surface area (Å²) in [6, 6.07) is 9.29. The second-order valence-electron chi connectivity index (χ2n) is 7.01. The lowest BCUT2D eigenvalue weighted by Gasteiger charge is -2.33. The first-order chi connectivity index (χ1) is 10.4. The van der Waals surface area contributed by atoms with E-state index in [2.05, 4.69) is 31.1 Å². The van der Waals surface area contributed by atoms with Crippen LogP contribution in [-0.4, -0.2) is 10.9 Å². The SMILES string of the molecule is CC(C)(C)[C@H]1CCc2nc(NC(=O)c3ccccc3)sc2C1. The van der Waals surface area contributed by atoms with Crippen LogP contribution in [0, 0.1) is 11.3 Å². The summed E-state index contributed by atoms with van der Waals surface area (Å²) in [5.41, 5.74) is 2.17. The molecular weight excluding hydrogens is 292 g/mol. The van der Waals surface area contributed by atoms with Gasteiger partial charge in [0.15, 0.2) is 5.13 Å². The van der Waals surface area contributed by atoms with Crippen molar-refractivity contribution < 1.29 is 4.79 Å². The predicted octanol–water partition coefficient (Wildman–Crippen LogP) is 4.55. The van der Waals surface area contributed by atoms with Crippen LogP contribution in [0.1, 0.15) is 48.1 Å². The Morgan fingerprint density at radius 3 is 2.68 bits per heavy atom. The first-order valence-electron chi connectivity index (χ1n) is 7.78. The average Bonchev–Trinajstić information content (AvgIpc) is 2.88. The topological polar surface area (TPSA) is 42.0 Å². The van der Waals surface area contributed by atoms with Crippen LogP contribution >= 0.6 is 11.3 Å². The van der Waals surface area contributed by atoms with E-state index in [4.69, 9.17) is 0 Å². The molecule has 1 atom stereocenters. The van der Waals surface area contributed by atoms with E-state index in [0.717, 1.165) is 18.0 Å². The number of nitrogens with one attached hydrogen (secondary N) is 1. The van der Waals surface area contributed by atoms with Gasteiger partial charge in [0.1, 0.15) is 0 Å². The van der Waals surface area contributed by atoms with Crippen LogP contribution in [0.15, 0.2) is 30.3 Å². The molecule has 0 bridgehead atoms. The minimum atomic E-state index is -0.0842. The minimum Gasteiger partial charge on any atom is -0.298 e. The summed E-state index contributed by atoms with van der Waals surface area (Å²) < 4.78 is 0. The average molecular weight is 314 g/mol. The normalized spacial score (nSPS) is 17.9. The molecule has 0 unspecified atom stereocenters. The molecule has 1 N–H and O–H groups in total. The highest BCUT2D eigenvalue weighted by molar-refractivity contribution is 7.15. The molecule has 0 radical (unpaired) electrons. The van der Waals surface area contributed by atoms with Crippen molar-refractivity contribution in [3.05, 3.63) is 46.5 Å². The van der Waals surface area contributed by atoms with Gasteiger partial charge in [-0.1, -0.05) is 39.0 Å². The molecule has 1 aliphatic carbocycles. The number of nitrogens with zero attached hydrogens (tertiary/aromatic N) is 1. The van der Waals surface area contributed by atoms with E-state index in [1.54, 1.807) is 11.3 Å². The Balaban J connectivity index is 1.73. The molecule has 3 rings (SSSR count). The lowest BCUT2D eigenvalue weighted by molar-refractivity contribution is 0.102. The summed E-state index contributed by atoms with van der Waals surface area (Å²) >= 11 is 1.64. The molecule has 1 aromatic carbocycles. The van der Waals surface area contributed by atoms with Crippen molar-refractivity contribution in [2.24, 2.45) is 11.3 Å². The van der Waals surface area contributed by atoms with Crippen LogP contribution in [0.25, 0.3) is 0 Å². The Morgan fingerprint density at radius 2 is 2.00 bits per heavy atom. The molecule has 0 fully saturated rings. The third kappa shape index (κ3) is 3.22. The summed E-state index contributed by atoms with van der Waals surface area (Å²) in [6.07, 6.45) is 3.29. The van der Waals surface area contributed by atoms with Gasteiger partial charge >= 0.3 is 0 Å². The smallest absolute Gasteiger partial charge is 0.257 e. The van der Waals surface area contributed by atoms with Gasteiger partial charge in [0.2, 0.25) is 0 Å². The number of hydrogen-bond acceptors (Lipinski definition) is 3. The lowest BCUT2D eigenvalue weighted by Crippen LogP contribution is -2.26. The highest BCUT2D eigenvalue weighted by atomic mass is 32.1. The number of carbonyl (C=O) groups excluding carboxylic acids is 1. The van der Waals surface area contributed by atoms with Crippen molar-refractivity contribution in [2.75, 3.05) is 5.32 Å². The highest BCUT2D eigenvalue weighted by Crippen LogP contribution is 2.40. The maximum absolute atomic E-state index is 12.2. The molecule has 116 valence electrons. The maximum Gasteiger partial charge on any atom is 0.257 e. The molecule has 1 aliphatic rings. The van der Waals surface area contributed by atoms with E-state index < -0.39 is 0 Å². The van der Waals surface area contributed by atoms with E-state index in [9.17, 15) is 4.79 Å². The number of aromatic nitrogens is 1. The van der Waals surface area contributed by atoms with Crippen LogP contribution in [0.2, 0.25) is 0 Å². The molecule has 1 amide bonds. The summed E-state index contributed by atoms with van der Waals surface area (Å²) in [5, 5.41) is 3.67. The molecular formula is C18H22N2OS. The molecule has 0 saturated heterocycles. The van der Waals surface area contributed by atoms with E-state index in [1.807, 2.05) is 30.3 Å². The zero-order valence-corrected chi connectivity index (χ0v) is 14.2. The molecule has 0 saturated carbocycles. The van der Waals surface area contributed by atoms with Gasteiger partial charge in [0, 0.05) is 10.4 Å². The van der Waals surface area contributed by atoms with E-state index >= 15 is 0 Å². The Kier molecular flexibility index (Phi) is 4.04. The summed E-state index contributed by atoms with van der Waals surface area (Å²) in [4.78, 5) is 18.2. The lowest BCUT2D eigenvalue weighted by atomic mass is 9.73.